The third kappa shape index (κ3) is 3.45. The second kappa shape index (κ2) is 5.28. The van der Waals surface area contributed by atoms with Crippen molar-refractivity contribution in [2.75, 3.05) is 22.1 Å². The van der Waals surface area contributed by atoms with Crippen LogP contribution in [0.2, 0.25) is 0 Å². The summed E-state index contributed by atoms with van der Waals surface area (Å²) in [6, 6.07) is 1.54. The number of anilines is 3. The van der Waals surface area contributed by atoms with E-state index in [1.807, 2.05) is 0 Å². The third-order valence-corrected chi connectivity index (χ3v) is 4.78. The number of aromatic nitrogens is 4. The highest BCUT2D eigenvalue weighted by Crippen LogP contribution is 2.17. The molecule has 0 radical (unpaired) electrons. The molecule has 1 atom stereocenters. The largest absolute Gasteiger partial charge is 0.360 e. The molecule has 1 aliphatic rings. The van der Waals surface area contributed by atoms with E-state index in [0.717, 1.165) is 0 Å². The summed E-state index contributed by atoms with van der Waals surface area (Å²) in [5.41, 5.74) is 0. The first-order chi connectivity index (χ1) is 10.00. The maximum Gasteiger partial charge on any atom is 0.244 e. The standard InChI is InChI=1S/C11H14N6O3S/c1-7-4-9(17-20-7)14-10-5-12-16-11(15-10)13-8-2-3-21(18,19)6-8/h4-5,8H,2-3,6H2,1H3,(H2,13,14,15,16,17). The van der Waals surface area contributed by atoms with Gasteiger partial charge in [0, 0.05) is 12.1 Å². The second-order valence-electron chi connectivity index (χ2n) is 4.86. The number of aryl methyl sites for hydroxylation is 1. The molecule has 2 N–H and O–H groups in total. The minimum atomic E-state index is -2.95. The highest BCUT2D eigenvalue weighted by atomic mass is 32.2. The Hall–Kier alpha value is -2.23. The van der Waals surface area contributed by atoms with Gasteiger partial charge in [0.2, 0.25) is 5.95 Å². The average molecular weight is 310 g/mol. The zero-order valence-electron chi connectivity index (χ0n) is 11.3. The number of nitrogens with one attached hydrogen (secondary N) is 2. The first-order valence-corrected chi connectivity index (χ1v) is 8.19. The summed E-state index contributed by atoms with van der Waals surface area (Å²) >= 11 is 0. The molecule has 3 heterocycles. The lowest BCUT2D eigenvalue weighted by atomic mass is 10.3. The lowest BCUT2D eigenvalue weighted by Gasteiger charge is -2.10. The number of rotatable bonds is 4. The molecule has 21 heavy (non-hydrogen) atoms. The van der Waals surface area contributed by atoms with Gasteiger partial charge in [0.25, 0.3) is 0 Å². The minimum absolute atomic E-state index is 0.0937. The molecule has 0 spiro atoms. The fourth-order valence-electron chi connectivity index (χ4n) is 2.07. The van der Waals surface area contributed by atoms with Crippen molar-refractivity contribution < 1.29 is 12.9 Å². The van der Waals surface area contributed by atoms with Crippen LogP contribution in [-0.4, -0.2) is 46.3 Å². The smallest absolute Gasteiger partial charge is 0.244 e. The Morgan fingerprint density at radius 2 is 2.24 bits per heavy atom. The van der Waals surface area contributed by atoms with Gasteiger partial charge in [0.1, 0.15) is 5.76 Å². The van der Waals surface area contributed by atoms with E-state index < -0.39 is 9.84 Å². The van der Waals surface area contributed by atoms with Gasteiger partial charge >= 0.3 is 0 Å². The summed E-state index contributed by atoms with van der Waals surface area (Å²) in [5.74, 6) is 2.20. The highest BCUT2D eigenvalue weighted by molar-refractivity contribution is 7.91. The predicted octanol–water partition coefficient (Wildman–Crippen LogP) is 0.511. The van der Waals surface area contributed by atoms with Crippen LogP contribution in [0.4, 0.5) is 17.6 Å². The van der Waals surface area contributed by atoms with Gasteiger partial charge in [0.15, 0.2) is 21.5 Å². The van der Waals surface area contributed by atoms with Crippen LogP contribution in [0, 0.1) is 6.92 Å². The van der Waals surface area contributed by atoms with Crippen molar-refractivity contribution in [3.63, 3.8) is 0 Å². The Kier molecular flexibility index (Phi) is 3.45. The van der Waals surface area contributed by atoms with Crippen LogP contribution >= 0.6 is 0 Å². The summed E-state index contributed by atoms with van der Waals surface area (Å²) in [5, 5.41) is 17.4. The van der Waals surface area contributed by atoms with Crippen LogP contribution in [0.1, 0.15) is 12.2 Å². The Balaban J connectivity index is 1.68. The van der Waals surface area contributed by atoms with Crippen LogP contribution in [0.5, 0.6) is 0 Å². The number of hydrogen-bond acceptors (Lipinski definition) is 9. The van der Waals surface area contributed by atoms with Crippen LogP contribution in [0.3, 0.4) is 0 Å². The van der Waals surface area contributed by atoms with Crippen molar-refractivity contribution in [2.24, 2.45) is 0 Å². The van der Waals surface area contributed by atoms with E-state index in [1.54, 1.807) is 13.0 Å². The molecule has 1 unspecified atom stereocenters. The molecule has 3 rings (SSSR count). The van der Waals surface area contributed by atoms with Crippen LogP contribution in [-0.2, 0) is 9.84 Å². The molecule has 0 aliphatic carbocycles. The van der Waals surface area contributed by atoms with E-state index in [4.69, 9.17) is 4.52 Å². The summed E-state index contributed by atoms with van der Waals surface area (Å²) < 4.78 is 27.8. The summed E-state index contributed by atoms with van der Waals surface area (Å²) in [6.45, 7) is 1.78. The molecule has 0 aromatic carbocycles. The van der Waals surface area contributed by atoms with E-state index in [1.165, 1.54) is 6.20 Å². The Morgan fingerprint density at radius 3 is 2.90 bits per heavy atom. The predicted molar refractivity (Wildman–Crippen MR) is 75.0 cm³/mol. The molecule has 10 heteroatoms. The van der Waals surface area contributed by atoms with Gasteiger partial charge in [-0.2, -0.15) is 10.1 Å². The highest BCUT2D eigenvalue weighted by Gasteiger charge is 2.28. The Labute approximate surface area is 121 Å². The Morgan fingerprint density at radius 1 is 1.38 bits per heavy atom. The number of hydrogen-bond donors (Lipinski definition) is 2. The zero-order chi connectivity index (χ0) is 14.9. The van der Waals surface area contributed by atoms with Crippen molar-refractivity contribution in [1.82, 2.24) is 20.3 Å². The molecule has 1 aliphatic heterocycles. The number of nitrogens with zero attached hydrogens (tertiary/aromatic N) is 4. The van der Waals surface area contributed by atoms with E-state index in [9.17, 15) is 8.42 Å². The van der Waals surface area contributed by atoms with Gasteiger partial charge < -0.3 is 15.2 Å². The van der Waals surface area contributed by atoms with Crippen LogP contribution in [0.15, 0.2) is 16.8 Å². The van der Waals surface area contributed by atoms with Crippen LogP contribution < -0.4 is 10.6 Å². The molecule has 2 aromatic rings. The van der Waals surface area contributed by atoms with Crippen molar-refractivity contribution >= 4 is 27.4 Å². The van der Waals surface area contributed by atoms with Gasteiger partial charge in [-0.3, -0.25) is 0 Å². The summed E-state index contributed by atoms with van der Waals surface area (Å²) in [4.78, 5) is 4.22. The molecular formula is C11H14N6O3S. The summed E-state index contributed by atoms with van der Waals surface area (Å²) in [6.07, 6.45) is 1.99. The maximum atomic E-state index is 11.4. The normalized spacial score (nSPS) is 20.3. The first kappa shape index (κ1) is 13.7. The van der Waals surface area contributed by atoms with Gasteiger partial charge in [-0.15, -0.1) is 5.10 Å². The monoisotopic (exact) mass is 310 g/mol. The van der Waals surface area contributed by atoms with E-state index in [-0.39, 0.29) is 23.5 Å². The zero-order valence-corrected chi connectivity index (χ0v) is 12.1. The fraction of sp³-hybridized carbons (Fsp3) is 0.455. The molecule has 0 bridgehead atoms. The maximum absolute atomic E-state index is 11.4. The van der Waals surface area contributed by atoms with Crippen molar-refractivity contribution in [3.8, 4) is 0 Å². The fourth-order valence-corrected chi connectivity index (χ4v) is 3.75. The first-order valence-electron chi connectivity index (χ1n) is 6.37. The molecule has 0 saturated carbocycles. The molecule has 0 amide bonds. The van der Waals surface area contributed by atoms with Crippen molar-refractivity contribution in [2.45, 2.75) is 19.4 Å². The van der Waals surface area contributed by atoms with E-state index >= 15 is 0 Å². The SMILES string of the molecule is Cc1cc(Nc2cnnc(NC3CCS(=O)(=O)C3)n2)no1. The topological polar surface area (TPSA) is 123 Å². The van der Waals surface area contributed by atoms with Gasteiger partial charge in [-0.25, -0.2) is 8.42 Å². The van der Waals surface area contributed by atoms with Gasteiger partial charge in [0.05, 0.1) is 17.7 Å². The van der Waals surface area contributed by atoms with Crippen LogP contribution in [0.25, 0.3) is 0 Å². The molecule has 1 fully saturated rings. The lowest BCUT2D eigenvalue weighted by molar-refractivity contribution is 0.400. The van der Waals surface area contributed by atoms with Gasteiger partial charge in [-0.1, -0.05) is 5.16 Å². The molecule has 1 saturated heterocycles. The quantitative estimate of drug-likeness (QED) is 0.831. The lowest BCUT2D eigenvalue weighted by Crippen LogP contribution is -2.22. The summed E-state index contributed by atoms with van der Waals surface area (Å²) in [7, 11) is -2.95. The van der Waals surface area contributed by atoms with E-state index in [0.29, 0.717) is 23.8 Å². The number of sulfone groups is 1. The third-order valence-electron chi connectivity index (χ3n) is 3.01. The van der Waals surface area contributed by atoms with Gasteiger partial charge in [-0.05, 0) is 13.3 Å². The van der Waals surface area contributed by atoms with Crippen molar-refractivity contribution in [1.29, 1.82) is 0 Å². The molecule has 112 valence electrons. The Bertz CT molecular complexity index is 744. The molecule has 9 nitrogen and oxygen atoms in total. The van der Waals surface area contributed by atoms with E-state index in [2.05, 4.69) is 31.0 Å². The van der Waals surface area contributed by atoms with Crippen molar-refractivity contribution in [3.05, 3.63) is 18.0 Å². The minimum Gasteiger partial charge on any atom is -0.360 e. The molecular weight excluding hydrogens is 296 g/mol. The average Bonchev–Trinajstić information content (AvgIpc) is 2.96. The molecule has 2 aromatic heterocycles. The second-order valence-corrected chi connectivity index (χ2v) is 7.09.